The summed E-state index contributed by atoms with van der Waals surface area (Å²) in [5.41, 5.74) is 2.66. The fraction of sp³-hybridized carbons (Fsp3) is 0.655. The van der Waals surface area contributed by atoms with E-state index in [9.17, 15) is 4.79 Å². The maximum atomic E-state index is 12.9. The van der Waals surface area contributed by atoms with Crippen LogP contribution in [0.1, 0.15) is 75.0 Å². The van der Waals surface area contributed by atoms with Crippen molar-refractivity contribution in [1.82, 2.24) is 15.5 Å². The molecule has 1 aliphatic heterocycles. The minimum Gasteiger partial charge on any atom is -0.543 e. The highest BCUT2D eigenvalue weighted by Gasteiger charge is 2.45. The molecule has 0 radical (unpaired) electrons. The van der Waals surface area contributed by atoms with E-state index in [0.29, 0.717) is 65.3 Å². The average Bonchev–Trinajstić information content (AvgIpc) is 3.34. The zero-order valence-electron chi connectivity index (χ0n) is 25.7. The molecule has 3 rings (SSSR count). The number of nitrogens with one attached hydrogen (secondary N) is 1. The summed E-state index contributed by atoms with van der Waals surface area (Å²) in [6, 6.07) is 1.54. The predicted octanol–water partition coefficient (Wildman–Crippen LogP) is 7.15. The molecule has 8 nitrogen and oxygen atoms in total. The third-order valence-corrected chi connectivity index (χ3v) is 14.8. The second kappa shape index (κ2) is 14.1. The number of fused-ring (bicyclic) bond motifs is 1. The summed E-state index contributed by atoms with van der Waals surface area (Å²) in [7, 11) is -0.643. The van der Waals surface area contributed by atoms with Crippen molar-refractivity contribution in [2.24, 2.45) is 11.8 Å². The van der Waals surface area contributed by atoms with Gasteiger partial charge in [-0.2, -0.15) is 16.7 Å². The first kappa shape index (κ1) is 33.7. The number of hydrogen-bond acceptors (Lipinski definition) is 9. The number of nitrogens with zero attached hydrogens (tertiary/aromatic N) is 2. The van der Waals surface area contributed by atoms with Crippen molar-refractivity contribution >= 4 is 54.9 Å². The van der Waals surface area contributed by atoms with Crippen LogP contribution in [0.3, 0.4) is 0 Å². The second-order valence-corrected chi connectivity index (χ2v) is 18.2. The van der Waals surface area contributed by atoms with Gasteiger partial charge in [-0.05, 0) is 56.5 Å². The van der Waals surface area contributed by atoms with E-state index in [0.717, 1.165) is 22.4 Å². The summed E-state index contributed by atoms with van der Waals surface area (Å²) in [5, 5.41) is 7.39. The molecule has 0 aliphatic carbocycles. The number of alkyl halides is 1. The number of benzene rings is 1. The monoisotopic (exact) mass is 641 g/mol. The molecule has 0 fully saturated rings. The van der Waals surface area contributed by atoms with Gasteiger partial charge in [0.25, 0.3) is 8.32 Å². The maximum absolute atomic E-state index is 12.9. The van der Waals surface area contributed by atoms with Crippen LogP contribution in [-0.2, 0) is 15.3 Å². The van der Waals surface area contributed by atoms with Gasteiger partial charge in [-0.1, -0.05) is 32.9 Å². The fourth-order valence-corrected chi connectivity index (χ4v) is 8.64. The SMILES string of the molecule is COc1cc(O[Si](C)(C)C(C)(C)C(C)C)c2c(c1C)C(=S)OC[C@H](CCl)CCC(=O)N[C@H](c1nc(C)no1)CSC2. The summed E-state index contributed by atoms with van der Waals surface area (Å²) in [6.07, 6.45) is 0.859. The normalized spacial score (nSPS) is 19.7. The number of thiocarbonyl (C=S) groups is 1. The summed E-state index contributed by atoms with van der Waals surface area (Å²) >= 11 is 13.8. The Hall–Kier alpha value is -1.82. The van der Waals surface area contributed by atoms with E-state index in [4.69, 9.17) is 42.2 Å². The van der Waals surface area contributed by atoms with Gasteiger partial charge in [0.2, 0.25) is 11.8 Å². The van der Waals surface area contributed by atoms with Crippen molar-refractivity contribution in [3.8, 4) is 11.5 Å². The Morgan fingerprint density at radius 1 is 1.29 bits per heavy atom. The van der Waals surface area contributed by atoms with E-state index < -0.39 is 14.4 Å². The minimum atomic E-state index is -2.30. The molecule has 1 aromatic heterocycles. The van der Waals surface area contributed by atoms with Crippen LogP contribution in [0.25, 0.3) is 0 Å². The van der Waals surface area contributed by atoms with Crippen molar-refractivity contribution in [3.63, 3.8) is 0 Å². The van der Waals surface area contributed by atoms with Crippen molar-refractivity contribution in [2.75, 3.05) is 25.3 Å². The van der Waals surface area contributed by atoms with Crippen molar-refractivity contribution in [1.29, 1.82) is 0 Å². The molecule has 1 N–H and O–H groups in total. The number of thioether (sulfide) groups is 1. The smallest absolute Gasteiger partial charge is 0.251 e. The third-order valence-electron chi connectivity index (χ3n) is 8.55. The lowest BCUT2D eigenvalue weighted by Crippen LogP contribution is -2.48. The molecule has 2 aromatic rings. The molecule has 1 aliphatic rings. The van der Waals surface area contributed by atoms with Gasteiger partial charge < -0.3 is 23.7 Å². The Labute approximate surface area is 260 Å². The van der Waals surface area contributed by atoms with E-state index in [1.54, 1.807) is 25.8 Å². The van der Waals surface area contributed by atoms with Crippen LogP contribution >= 0.6 is 35.6 Å². The second-order valence-electron chi connectivity index (χ2n) is 12.0. The standard InChI is InChI=1S/C29H44ClN3O5S2Si/c1-17(2)29(5,6)41(8,9)38-24-12-23(35-7)18(3)26-21(24)15-40-16-22(27-31-19(4)33-37-27)32-25(34)11-10-20(13-30)14-36-28(26)39/h12,17,20,22H,10-11,13-16H2,1-9H3,(H,32,34)/t20-,22-/m0/s1. The number of halogens is 1. The molecular formula is C29H44ClN3O5S2Si. The molecule has 0 spiro atoms. The number of hydrogen-bond donors (Lipinski definition) is 1. The predicted molar refractivity (Wildman–Crippen MR) is 172 cm³/mol. The Morgan fingerprint density at radius 3 is 2.59 bits per heavy atom. The van der Waals surface area contributed by atoms with Gasteiger partial charge in [0.1, 0.15) is 17.5 Å². The molecule has 0 unspecified atom stereocenters. The molecule has 0 saturated carbocycles. The average molecular weight is 642 g/mol. The van der Waals surface area contributed by atoms with Gasteiger partial charge in [-0.3, -0.25) is 4.79 Å². The minimum absolute atomic E-state index is 0.0114. The molecule has 41 heavy (non-hydrogen) atoms. The molecule has 12 heteroatoms. The van der Waals surface area contributed by atoms with E-state index >= 15 is 0 Å². The Kier molecular flexibility index (Phi) is 11.6. The van der Waals surface area contributed by atoms with Gasteiger partial charge in [0.05, 0.1) is 13.7 Å². The molecule has 1 amide bonds. The highest BCUT2D eigenvalue weighted by atomic mass is 35.5. The first-order chi connectivity index (χ1) is 19.2. The summed E-state index contributed by atoms with van der Waals surface area (Å²) in [5.74, 6) is 4.06. The molecule has 2 heterocycles. The maximum Gasteiger partial charge on any atom is 0.251 e. The molecule has 1 aromatic carbocycles. The molecule has 0 bridgehead atoms. The van der Waals surface area contributed by atoms with E-state index in [1.807, 2.05) is 13.0 Å². The van der Waals surface area contributed by atoms with Crippen LogP contribution in [0, 0.1) is 25.7 Å². The number of carbonyl (C=O) groups excluding carboxylic acids is 1. The molecule has 228 valence electrons. The number of aromatic nitrogens is 2. The lowest BCUT2D eigenvalue weighted by Gasteiger charge is -2.43. The fourth-order valence-electron chi connectivity index (χ4n) is 4.59. The van der Waals surface area contributed by atoms with Gasteiger partial charge in [0, 0.05) is 52.5 Å². The summed E-state index contributed by atoms with van der Waals surface area (Å²) < 4.78 is 24.5. The van der Waals surface area contributed by atoms with Crippen molar-refractivity contribution < 1.29 is 23.2 Å². The number of amides is 1. The van der Waals surface area contributed by atoms with Crippen molar-refractivity contribution in [2.45, 2.75) is 84.3 Å². The van der Waals surface area contributed by atoms with Gasteiger partial charge in [-0.25, -0.2) is 0 Å². The van der Waals surface area contributed by atoms with Crippen LogP contribution in [-0.4, -0.2) is 54.8 Å². The van der Waals surface area contributed by atoms with Crippen LogP contribution in [0.15, 0.2) is 10.6 Å². The van der Waals surface area contributed by atoms with E-state index in [1.165, 1.54) is 0 Å². The number of carbonyl (C=O) groups is 1. The van der Waals surface area contributed by atoms with Crippen LogP contribution < -0.4 is 14.5 Å². The molecule has 2 atom stereocenters. The molecular weight excluding hydrogens is 598 g/mol. The quantitative estimate of drug-likeness (QED) is 0.192. The summed E-state index contributed by atoms with van der Waals surface area (Å²) in [6.45, 7) is 17.6. The Balaban J connectivity index is 2.11. The van der Waals surface area contributed by atoms with Gasteiger partial charge in [-0.15, -0.1) is 11.6 Å². The van der Waals surface area contributed by atoms with Crippen LogP contribution in [0.4, 0.5) is 0 Å². The first-order valence-electron chi connectivity index (χ1n) is 14.0. The van der Waals surface area contributed by atoms with Crippen LogP contribution in [0.5, 0.6) is 11.5 Å². The van der Waals surface area contributed by atoms with E-state index in [-0.39, 0.29) is 16.9 Å². The number of methoxy groups -OCH3 is 1. The van der Waals surface area contributed by atoms with Gasteiger partial charge >= 0.3 is 0 Å². The largest absolute Gasteiger partial charge is 0.543 e. The topological polar surface area (TPSA) is 95.7 Å². The lowest BCUT2D eigenvalue weighted by atomic mass is 9.99. The first-order valence-corrected chi connectivity index (χ1v) is 19.0. The van der Waals surface area contributed by atoms with Gasteiger partial charge in [0.15, 0.2) is 10.9 Å². The van der Waals surface area contributed by atoms with E-state index in [2.05, 4.69) is 56.2 Å². The number of ether oxygens (including phenoxy) is 2. The lowest BCUT2D eigenvalue weighted by molar-refractivity contribution is -0.122. The van der Waals surface area contributed by atoms with Crippen molar-refractivity contribution in [3.05, 3.63) is 34.5 Å². The Bertz CT molecular complexity index is 1240. The number of rotatable bonds is 7. The number of aryl methyl sites for hydroxylation is 1. The highest BCUT2D eigenvalue weighted by Crippen LogP contribution is 2.47. The molecule has 0 saturated heterocycles. The van der Waals surface area contributed by atoms with Crippen LogP contribution in [0.2, 0.25) is 18.1 Å². The third kappa shape index (κ3) is 7.97. The summed E-state index contributed by atoms with van der Waals surface area (Å²) in [4.78, 5) is 17.3. The highest BCUT2D eigenvalue weighted by molar-refractivity contribution is 7.98. The zero-order valence-corrected chi connectivity index (χ0v) is 29.1. The Morgan fingerprint density at radius 2 is 2.00 bits per heavy atom. The zero-order chi connectivity index (χ0) is 30.5.